The van der Waals surface area contributed by atoms with Gasteiger partial charge in [0.25, 0.3) is 0 Å². The maximum Gasteiger partial charge on any atom is 0.214 e. The first-order chi connectivity index (χ1) is 9.10. The van der Waals surface area contributed by atoms with Crippen LogP contribution in [-0.4, -0.2) is 62.5 Å². The Morgan fingerprint density at radius 2 is 2.00 bits per heavy atom. The smallest absolute Gasteiger partial charge is 0.214 e. The van der Waals surface area contributed by atoms with Gasteiger partial charge in [0.2, 0.25) is 6.41 Å². The molecular weight excluding hydrogens is 306 g/mol. The molecule has 0 N–H and O–H groups in total. The number of halogens is 1. The Morgan fingerprint density at radius 3 is 2.63 bits per heavy atom. The van der Waals surface area contributed by atoms with Crippen molar-refractivity contribution in [1.29, 1.82) is 0 Å². The topological polar surface area (TPSA) is 26.8 Å². The maximum absolute atomic E-state index is 11.3. The number of carbonyl (C=O) groups excluding carboxylic acids is 1. The van der Waals surface area contributed by atoms with Crippen molar-refractivity contribution in [3.05, 3.63) is 28.7 Å². The molecule has 0 aliphatic carbocycles. The standard InChI is InChI=1S/C14H20BrN3O/c1-16-7-8-17(2)14(9-16)10-18(11-19)13-5-3-12(15)4-6-13/h3-6,11,14H,7-10H2,1-2H3. The minimum Gasteiger partial charge on any atom is -0.313 e. The number of piperazine rings is 1. The van der Waals surface area contributed by atoms with Crippen LogP contribution in [0.1, 0.15) is 0 Å². The Morgan fingerprint density at radius 1 is 1.32 bits per heavy atom. The first kappa shape index (κ1) is 14.5. The van der Waals surface area contributed by atoms with Gasteiger partial charge >= 0.3 is 0 Å². The molecule has 5 heteroatoms. The van der Waals surface area contributed by atoms with Crippen molar-refractivity contribution in [2.45, 2.75) is 6.04 Å². The van der Waals surface area contributed by atoms with Gasteiger partial charge in [-0.25, -0.2) is 0 Å². The van der Waals surface area contributed by atoms with E-state index >= 15 is 0 Å². The van der Waals surface area contributed by atoms with Crippen LogP contribution in [0.4, 0.5) is 5.69 Å². The minimum atomic E-state index is 0.382. The van der Waals surface area contributed by atoms with Crippen molar-refractivity contribution in [2.24, 2.45) is 0 Å². The average molecular weight is 326 g/mol. The van der Waals surface area contributed by atoms with Crippen LogP contribution >= 0.6 is 15.9 Å². The molecule has 1 amide bonds. The number of anilines is 1. The number of hydrogen-bond acceptors (Lipinski definition) is 3. The predicted molar refractivity (Wildman–Crippen MR) is 81.5 cm³/mol. The Kier molecular flexibility index (Phi) is 4.96. The van der Waals surface area contributed by atoms with Gasteiger partial charge in [-0.05, 0) is 38.4 Å². The Bertz CT molecular complexity index is 423. The van der Waals surface area contributed by atoms with E-state index in [2.05, 4.69) is 39.8 Å². The molecule has 0 bridgehead atoms. The maximum atomic E-state index is 11.3. The molecule has 1 atom stereocenters. The first-order valence-electron chi connectivity index (χ1n) is 6.46. The van der Waals surface area contributed by atoms with Crippen LogP contribution in [0.2, 0.25) is 0 Å². The summed E-state index contributed by atoms with van der Waals surface area (Å²) in [6.07, 6.45) is 0.922. The van der Waals surface area contributed by atoms with Gasteiger partial charge in [-0.1, -0.05) is 15.9 Å². The summed E-state index contributed by atoms with van der Waals surface area (Å²) in [5.74, 6) is 0. The molecular formula is C14H20BrN3O. The van der Waals surface area contributed by atoms with E-state index < -0.39 is 0 Å². The van der Waals surface area contributed by atoms with Crippen molar-refractivity contribution >= 4 is 28.0 Å². The van der Waals surface area contributed by atoms with E-state index in [-0.39, 0.29) is 0 Å². The summed E-state index contributed by atoms with van der Waals surface area (Å²) in [6.45, 7) is 3.86. The molecule has 1 aliphatic heterocycles. The summed E-state index contributed by atoms with van der Waals surface area (Å²) < 4.78 is 1.02. The van der Waals surface area contributed by atoms with E-state index in [0.29, 0.717) is 6.04 Å². The second-order valence-electron chi connectivity index (χ2n) is 5.13. The lowest BCUT2D eigenvalue weighted by atomic mass is 10.1. The average Bonchev–Trinajstić information content (AvgIpc) is 2.41. The fourth-order valence-corrected chi connectivity index (χ4v) is 2.63. The van der Waals surface area contributed by atoms with Crippen molar-refractivity contribution in [1.82, 2.24) is 9.80 Å². The summed E-state index contributed by atoms with van der Waals surface area (Å²) >= 11 is 3.41. The highest BCUT2D eigenvalue weighted by molar-refractivity contribution is 9.10. The second kappa shape index (κ2) is 6.50. The van der Waals surface area contributed by atoms with Crippen molar-refractivity contribution in [2.75, 3.05) is 45.2 Å². The van der Waals surface area contributed by atoms with E-state index in [1.165, 1.54) is 0 Å². The zero-order valence-corrected chi connectivity index (χ0v) is 13.0. The fourth-order valence-electron chi connectivity index (χ4n) is 2.37. The van der Waals surface area contributed by atoms with Gasteiger partial charge in [-0.3, -0.25) is 9.69 Å². The normalized spacial score (nSPS) is 21.3. The molecule has 2 rings (SSSR count). The van der Waals surface area contributed by atoms with Gasteiger partial charge in [-0.2, -0.15) is 0 Å². The number of carbonyl (C=O) groups is 1. The lowest BCUT2D eigenvalue weighted by Crippen LogP contribution is -2.54. The van der Waals surface area contributed by atoms with E-state index in [4.69, 9.17) is 0 Å². The quantitative estimate of drug-likeness (QED) is 0.788. The number of amides is 1. The molecule has 0 radical (unpaired) electrons. The van der Waals surface area contributed by atoms with Gasteiger partial charge in [0.05, 0.1) is 0 Å². The summed E-state index contributed by atoms with van der Waals surface area (Å²) in [5, 5.41) is 0. The Labute approximate surface area is 123 Å². The molecule has 104 valence electrons. The summed E-state index contributed by atoms with van der Waals surface area (Å²) in [4.78, 5) is 17.8. The minimum absolute atomic E-state index is 0.382. The number of benzene rings is 1. The van der Waals surface area contributed by atoms with Crippen molar-refractivity contribution in [3.8, 4) is 0 Å². The highest BCUT2D eigenvalue weighted by atomic mass is 79.9. The van der Waals surface area contributed by atoms with Crippen LogP contribution < -0.4 is 4.90 Å². The zero-order valence-electron chi connectivity index (χ0n) is 11.4. The third-order valence-corrected chi connectivity index (χ3v) is 4.20. The highest BCUT2D eigenvalue weighted by Crippen LogP contribution is 2.19. The van der Waals surface area contributed by atoms with Crippen LogP contribution in [0.3, 0.4) is 0 Å². The Balaban J connectivity index is 2.06. The molecule has 1 aromatic carbocycles. The number of hydrogen-bond donors (Lipinski definition) is 0. The molecule has 1 heterocycles. The van der Waals surface area contributed by atoms with Crippen LogP contribution in [0.5, 0.6) is 0 Å². The third kappa shape index (κ3) is 3.78. The van der Waals surface area contributed by atoms with Gasteiger partial charge in [0.1, 0.15) is 0 Å². The summed E-state index contributed by atoms with van der Waals surface area (Å²) in [7, 11) is 4.26. The molecule has 0 saturated carbocycles. The van der Waals surface area contributed by atoms with Gasteiger partial charge in [0, 0.05) is 42.4 Å². The SMILES string of the molecule is CN1CCN(C)C(CN(C=O)c2ccc(Br)cc2)C1. The molecule has 1 aliphatic rings. The Hall–Kier alpha value is -0.910. The molecule has 0 spiro atoms. The lowest BCUT2D eigenvalue weighted by molar-refractivity contribution is -0.107. The number of rotatable bonds is 4. The summed E-state index contributed by atoms with van der Waals surface area (Å²) in [6, 6.07) is 8.23. The molecule has 4 nitrogen and oxygen atoms in total. The van der Waals surface area contributed by atoms with Crippen LogP contribution in [0, 0.1) is 0 Å². The second-order valence-corrected chi connectivity index (χ2v) is 6.05. The van der Waals surface area contributed by atoms with Gasteiger partial charge < -0.3 is 9.80 Å². The number of likely N-dealkylation sites (N-methyl/N-ethyl adjacent to an activating group) is 2. The van der Waals surface area contributed by atoms with Crippen LogP contribution in [-0.2, 0) is 4.79 Å². The molecule has 1 aromatic rings. The van der Waals surface area contributed by atoms with Crippen molar-refractivity contribution < 1.29 is 4.79 Å². The molecule has 1 saturated heterocycles. The molecule has 1 unspecified atom stereocenters. The van der Waals surface area contributed by atoms with Gasteiger partial charge in [0.15, 0.2) is 0 Å². The zero-order chi connectivity index (χ0) is 13.8. The fraction of sp³-hybridized carbons (Fsp3) is 0.500. The predicted octanol–water partition coefficient (Wildman–Crippen LogP) is 1.66. The highest BCUT2D eigenvalue weighted by Gasteiger charge is 2.24. The summed E-state index contributed by atoms with van der Waals surface area (Å²) in [5.41, 5.74) is 0.944. The number of nitrogens with zero attached hydrogens (tertiary/aromatic N) is 3. The van der Waals surface area contributed by atoms with Crippen LogP contribution in [0.25, 0.3) is 0 Å². The monoisotopic (exact) mass is 325 g/mol. The molecule has 19 heavy (non-hydrogen) atoms. The van der Waals surface area contributed by atoms with E-state index in [1.807, 2.05) is 24.3 Å². The van der Waals surface area contributed by atoms with E-state index in [1.54, 1.807) is 4.90 Å². The lowest BCUT2D eigenvalue weighted by Gasteiger charge is -2.39. The van der Waals surface area contributed by atoms with E-state index in [0.717, 1.165) is 42.7 Å². The molecule has 0 aromatic heterocycles. The van der Waals surface area contributed by atoms with Crippen LogP contribution in [0.15, 0.2) is 28.7 Å². The largest absolute Gasteiger partial charge is 0.313 e. The van der Waals surface area contributed by atoms with Gasteiger partial charge in [-0.15, -0.1) is 0 Å². The van der Waals surface area contributed by atoms with Crippen molar-refractivity contribution in [3.63, 3.8) is 0 Å². The third-order valence-electron chi connectivity index (χ3n) is 3.67. The van der Waals surface area contributed by atoms with E-state index in [9.17, 15) is 4.79 Å². The first-order valence-corrected chi connectivity index (χ1v) is 7.25. The molecule has 1 fully saturated rings.